The van der Waals surface area contributed by atoms with Gasteiger partial charge in [0.05, 0.1) is 5.41 Å². The lowest BCUT2D eigenvalue weighted by Gasteiger charge is -2.40. The van der Waals surface area contributed by atoms with E-state index in [2.05, 4.69) is 5.32 Å². The van der Waals surface area contributed by atoms with Crippen molar-refractivity contribution in [3.05, 3.63) is 35.6 Å². The fraction of sp³-hybridized carbons (Fsp3) is 0.556. The van der Waals surface area contributed by atoms with E-state index in [9.17, 15) is 19.1 Å². The van der Waals surface area contributed by atoms with Crippen LogP contribution in [0.5, 0.6) is 0 Å². The molecule has 1 aromatic rings. The molecule has 2 rings (SSSR count). The first kappa shape index (κ1) is 19.2. The Morgan fingerprint density at radius 1 is 1.44 bits per heavy atom. The average Bonchev–Trinajstić information content (AvgIpc) is 2.60. The van der Waals surface area contributed by atoms with E-state index in [1.807, 2.05) is 0 Å². The zero-order chi connectivity index (χ0) is 18.3. The third-order valence-corrected chi connectivity index (χ3v) is 4.65. The van der Waals surface area contributed by atoms with Gasteiger partial charge in [-0.2, -0.15) is 0 Å². The molecule has 1 heterocycles. The normalized spacial score (nSPS) is 20.3. The van der Waals surface area contributed by atoms with Gasteiger partial charge in [0.25, 0.3) is 0 Å². The summed E-state index contributed by atoms with van der Waals surface area (Å²) in [7, 11) is 1.58. The first-order valence-corrected chi connectivity index (χ1v) is 8.46. The Hall–Kier alpha value is -2.15. The van der Waals surface area contributed by atoms with Crippen LogP contribution in [0.15, 0.2) is 24.3 Å². The molecule has 1 saturated heterocycles. The summed E-state index contributed by atoms with van der Waals surface area (Å²) in [5, 5.41) is 12.4. The molecular weight excluding hydrogens is 327 g/mol. The highest BCUT2D eigenvalue weighted by Crippen LogP contribution is 2.35. The molecule has 0 bridgehead atoms. The molecule has 0 aromatic heterocycles. The molecular formula is C18H25FN2O4. The lowest BCUT2D eigenvalue weighted by molar-refractivity contribution is -0.152. The number of rotatable bonds is 7. The molecule has 6 nitrogen and oxygen atoms in total. The van der Waals surface area contributed by atoms with Crippen LogP contribution in [0.3, 0.4) is 0 Å². The summed E-state index contributed by atoms with van der Waals surface area (Å²) in [5.41, 5.74) is -0.262. The molecule has 0 aliphatic carbocycles. The van der Waals surface area contributed by atoms with Crippen LogP contribution < -0.4 is 5.32 Å². The number of amides is 2. The maximum atomic E-state index is 13.2. The predicted molar refractivity (Wildman–Crippen MR) is 90.6 cm³/mol. The van der Waals surface area contributed by atoms with Crippen molar-refractivity contribution in [2.24, 2.45) is 5.41 Å². The fourth-order valence-electron chi connectivity index (χ4n) is 3.28. The van der Waals surface area contributed by atoms with Gasteiger partial charge in [0.1, 0.15) is 5.82 Å². The Morgan fingerprint density at radius 2 is 2.24 bits per heavy atom. The quantitative estimate of drug-likeness (QED) is 0.740. The molecule has 2 amide bonds. The summed E-state index contributed by atoms with van der Waals surface area (Å²) in [4.78, 5) is 25.8. The molecule has 2 N–H and O–H groups in total. The third-order valence-electron chi connectivity index (χ3n) is 4.65. The summed E-state index contributed by atoms with van der Waals surface area (Å²) in [5.74, 6) is -1.22. The van der Waals surface area contributed by atoms with Crippen molar-refractivity contribution in [1.29, 1.82) is 0 Å². The second kappa shape index (κ2) is 8.80. The molecule has 0 radical (unpaired) electrons. The predicted octanol–water partition coefficient (Wildman–Crippen LogP) is 2.63. The number of benzene rings is 1. The van der Waals surface area contributed by atoms with Crippen molar-refractivity contribution < 1.29 is 23.8 Å². The number of carboxylic acid groups (broad SMARTS) is 1. The van der Waals surface area contributed by atoms with Crippen LogP contribution in [-0.2, 0) is 16.1 Å². The van der Waals surface area contributed by atoms with Gasteiger partial charge in [-0.15, -0.1) is 0 Å². The maximum absolute atomic E-state index is 13.2. The number of ether oxygens (including phenoxy) is 1. The molecule has 138 valence electrons. The molecule has 25 heavy (non-hydrogen) atoms. The summed E-state index contributed by atoms with van der Waals surface area (Å²) in [6.07, 6.45) is 2.32. The van der Waals surface area contributed by atoms with Crippen LogP contribution in [0.1, 0.15) is 31.2 Å². The van der Waals surface area contributed by atoms with Crippen molar-refractivity contribution in [3.63, 3.8) is 0 Å². The van der Waals surface area contributed by atoms with Gasteiger partial charge in [-0.1, -0.05) is 12.1 Å². The lowest BCUT2D eigenvalue weighted by atomic mass is 9.76. The molecule has 1 atom stereocenters. The van der Waals surface area contributed by atoms with Gasteiger partial charge < -0.3 is 20.1 Å². The number of nitrogens with zero attached hydrogens (tertiary/aromatic N) is 1. The first-order valence-electron chi connectivity index (χ1n) is 8.46. The van der Waals surface area contributed by atoms with E-state index >= 15 is 0 Å². The van der Waals surface area contributed by atoms with E-state index in [-0.39, 0.29) is 24.9 Å². The maximum Gasteiger partial charge on any atom is 0.317 e. The fourth-order valence-corrected chi connectivity index (χ4v) is 3.28. The standard InChI is InChI=1S/C18H25FN2O4/c1-25-10-4-8-18(16(22)23)7-3-9-21(13-18)17(24)20-12-14-5-2-6-15(19)11-14/h2,5-6,11H,3-4,7-10,12-13H2,1H3,(H,20,24)(H,22,23)/t18-/m1/s1. The minimum absolute atomic E-state index is 0.182. The minimum atomic E-state index is -0.924. The topological polar surface area (TPSA) is 78.9 Å². The number of halogens is 1. The Kier molecular flexibility index (Phi) is 6.75. The van der Waals surface area contributed by atoms with Gasteiger partial charge >= 0.3 is 12.0 Å². The summed E-state index contributed by atoms with van der Waals surface area (Å²) in [6.45, 7) is 1.41. The molecule has 0 saturated carbocycles. The largest absolute Gasteiger partial charge is 0.481 e. The van der Waals surface area contributed by atoms with Crippen LogP contribution in [0.2, 0.25) is 0 Å². The smallest absolute Gasteiger partial charge is 0.317 e. The number of methoxy groups -OCH3 is 1. The summed E-state index contributed by atoms with van der Waals surface area (Å²) in [6, 6.07) is 5.70. The molecule has 1 fully saturated rings. The monoisotopic (exact) mass is 352 g/mol. The number of likely N-dealkylation sites (tertiary alicyclic amines) is 1. The van der Waals surface area contributed by atoms with Crippen LogP contribution in [-0.4, -0.2) is 48.8 Å². The highest BCUT2D eigenvalue weighted by atomic mass is 19.1. The van der Waals surface area contributed by atoms with Gasteiger partial charge in [0.15, 0.2) is 0 Å². The first-order chi connectivity index (χ1) is 12.0. The molecule has 7 heteroatoms. The van der Waals surface area contributed by atoms with Crippen LogP contribution in [0, 0.1) is 11.2 Å². The average molecular weight is 352 g/mol. The number of piperidine rings is 1. The van der Waals surface area contributed by atoms with Crippen molar-refractivity contribution in [3.8, 4) is 0 Å². The Bertz CT molecular complexity index is 610. The minimum Gasteiger partial charge on any atom is -0.481 e. The van der Waals surface area contributed by atoms with Crippen molar-refractivity contribution in [1.82, 2.24) is 10.2 Å². The number of aliphatic carboxylic acids is 1. The van der Waals surface area contributed by atoms with Crippen molar-refractivity contribution in [2.45, 2.75) is 32.2 Å². The molecule has 1 aliphatic rings. The van der Waals surface area contributed by atoms with E-state index in [1.165, 1.54) is 12.1 Å². The number of carbonyl (C=O) groups excluding carboxylic acids is 1. The summed E-state index contributed by atoms with van der Waals surface area (Å²) >= 11 is 0. The zero-order valence-electron chi connectivity index (χ0n) is 14.5. The Balaban J connectivity index is 1.95. The van der Waals surface area contributed by atoms with E-state index < -0.39 is 11.4 Å². The van der Waals surface area contributed by atoms with Gasteiger partial charge in [0.2, 0.25) is 0 Å². The summed E-state index contributed by atoms with van der Waals surface area (Å²) < 4.78 is 18.2. The zero-order valence-corrected chi connectivity index (χ0v) is 14.5. The molecule has 1 aromatic carbocycles. The second-order valence-electron chi connectivity index (χ2n) is 6.50. The number of hydrogen-bond acceptors (Lipinski definition) is 3. The van der Waals surface area contributed by atoms with Crippen molar-refractivity contribution in [2.75, 3.05) is 26.8 Å². The van der Waals surface area contributed by atoms with Gasteiger partial charge in [-0.3, -0.25) is 4.79 Å². The third kappa shape index (κ3) is 5.16. The second-order valence-corrected chi connectivity index (χ2v) is 6.50. The molecule has 1 aliphatic heterocycles. The van der Waals surface area contributed by atoms with Crippen LogP contribution in [0.25, 0.3) is 0 Å². The number of nitrogens with one attached hydrogen (secondary N) is 1. The van der Waals surface area contributed by atoms with Crippen LogP contribution in [0.4, 0.5) is 9.18 Å². The molecule has 0 spiro atoms. The number of hydrogen-bond donors (Lipinski definition) is 2. The molecule has 0 unspecified atom stereocenters. The number of urea groups is 1. The van der Waals surface area contributed by atoms with E-state index in [1.54, 1.807) is 24.1 Å². The highest BCUT2D eigenvalue weighted by Gasteiger charge is 2.43. The SMILES string of the molecule is COCCC[C@]1(C(=O)O)CCCN(C(=O)NCc2cccc(F)c2)C1. The van der Waals surface area contributed by atoms with E-state index in [4.69, 9.17) is 4.74 Å². The highest BCUT2D eigenvalue weighted by molar-refractivity contribution is 5.78. The van der Waals surface area contributed by atoms with E-state index in [0.717, 1.165) is 0 Å². The van der Waals surface area contributed by atoms with Crippen molar-refractivity contribution >= 4 is 12.0 Å². The number of carbonyl (C=O) groups is 2. The lowest BCUT2D eigenvalue weighted by Crippen LogP contribution is -2.52. The Labute approximate surface area is 147 Å². The number of carboxylic acids is 1. The van der Waals surface area contributed by atoms with Crippen LogP contribution >= 0.6 is 0 Å². The van der Waals surface area contributed by atoms with E-state index in [0.29, 0.717) is 44.4 Å². The van der Waals surface area contributed by atoms with Gasteiger partial charge in [-0.05, 0) is 43.4 Å². The van der Waals surface area contributed by atoms with Gasteiger partial charge in [-0.25, -0.2) is 9.18 Å². The Morgan fingerprint density at radius 3 is 2.92 bits per heavy atom. The van der Waals surface area contributed by atoms with Gasteiger partial charge in [0, 0.05) is 33.4 Å².